The van der Waals surface area contributed by atoms with Crippen LogP contribution in [0.5, 0.6) is 0 Å². The quantitative estimate of drug-likeness (QED) is 0.307. The summed E-state index contributed by atoms with van der Waals surface area (Å²) in [5.41, 5.74) is -0.0488. The lowest BCUT2D eigenvalue weighted by Crippen LogP contribution is -2.48. The molecule has 0 aromatic heterocycles. The first-order chi connectivity index (χ1) is 14.9. The van der Waals surface area contributed by atoms with Gasteiger partial charge in [0.1, 0.15) is 0 Å². The summed E-state index contributed by atoms with van der Waals surface area (Å²) >= 11 is 0. The van der Waals surface area contributed by atoms with Gasteiger partial charge in [0.15, 0.2) is 0 Å². The van der Waals surface area contributed by atoms with E-state index in [-0.39, 0.29) is 5.91 Å². The topological polar surface area (TPSA) is 23.6 Å². The molecule has 0 aliphatic carbocycles. The number of hydrogen-bond donors (Lipinski definition) is 0. The van der Waals surface area contributed by atoms with Crippen molar-refractivity contribution < 1.29 is 18.0 Å². The number of amides is 1. The van der Waals surface area contributed by atoms with Gasteiger partial charge in [-0.25, -0.2) is 0 Å². The summed E-state index contributed by atoms with van der Waals surface area (Å²) in [6, 6.07) is 5.44. The molecular formula is C25H39F3N2O. The first kappa shape index (κ1) is 25.5. The number of anilines is 1. The third-order valence-corrected chi connectivity index (χ3v) is 6.17. The van der Waals surface area contributed by atoms with Gasteiger partial charge in [0.25, 0.3) is 0 Å². The number of carbonyl (C=O) groups excluding carboxylic acids is 1. The van der Waals surface area contributed by atoms with Gasteiger partial charge in [-0.2, -0.15) is 13.2 Å². The zero-order valence-electron chi connectivity index (χ0n) is 19.1. The lowest BCUT2D eigenvalue weighted by molar-refractivity contribution is -0.137. The van der Waals surface area contributed by atoms with Crippen LogP contribution in [-0.2, 0) is 11.0 Å². The summed E-state index contributed by atoms with van der Waals surface area (Å²) in [4.78, 5) is 16.2. The molecule has 1 aromatic carbocycles. The molecule has 1 saturated heterocycles. The highest BCUT2D eigenvalue weighted by Crippen LogP contribution is 2.31. The molecule has 31 heavy (non-hydrogen) atoms. The van der Waals surface area contributed by atoms with Gasteiger partial charge in [-0.3, -0.25) is 4.79 Å². The molecule has 0 spiro atoms. The Labute approximate surface area is 186 Å². The number of halogens is 3. The van der Waals surface area contributed by atoms with Gasteiger partial charge < -0.3 is 9.80 Å². The normalized spacial score (nSPS) is 14.8. The van der Waals surface area contributed by atoms with Crippen molar-refractivity contribution in [1.82, 2.24) is 4.90 Å². The van der Waals surface area contributed by atoms with E-state index >= 15 is 0 Å². The highest BCUT2D eigenvalue weighted by atomic mass is 19.4. The van der Waals surface area contributed by atoms with Gasteiger partial charge in [-0.05, 0) is 24.6 Å². The number of rotatable bonds is 13. The Balaban J connectivity index is 1.56. The molecule has 0 N–H and O–H groups in total. The van der Waals surface area contributed by atoms with Crippen molar-refractivity contribution in [3.05, 3.63) is 29.8 Å². The summed E-state index contributed by atoms with van der Waals surface area (Å²) in [5, 5.41) is 0. The van der Waals surface area contributed by atoms with Crippen LogP contribution in [0, 0.1) is 0 Å². The van der Waals surface area contributed by atoms with Crippen LogP contribution >= 0.6 is 0 Å². The molecule has 3 nitrogen and oxygen atoms in total. The summed E-state index contributed by atoms with van der Waals surface area (Å²) in [6.07, 6.45) is 10.1. The smallest absolute Gasteiger partial charge is 0.368 e. The monoisotopic (exact) mass is 440 g/mol. The van der Waals surface area contributed by atoms with E-state index in [4.69, 9.17) is 0 Å². The molecule has 1 aliphatic rings. The Bertz CT molecular complexity index is 640. The van der Waals surface area contributed by atoms with Crippen molar-refractivity contribution in [1.29, 1.82) is 0 Å². The molecule has 1 fully saturated rings. The fourth-order valence-corrected chi connectivity index (χ4v) is 4.19. The molecule has 0 radical (unpaired) electrons. The largest absolute Gasteiger partial charge is 0.416 e. The minimum absolute atomic E-state index is 0.180. The van der Waals surface area contributed by atoms with E-state index in [1.807, 2.05) is 9.80 Å². The molecule has 1 aromatic rings. The van der Waals surface area contributed by atoms with Gasteiger partial charge in [-0.1, -0.05) is 77.2 Å². The standard InChI is InChI=1S/C25H39F3N2O/c1-2-3-4-5-6-7-8-9-10-11-12-16-24(31)30-19-17-29(18-20-30)23-15-13-14-22(21-23)25(26,27)28/h13-15,21H,2-12,16-20H2,1H3. The third-order valence-electron chi connectivity index (χ3n) is 6.17. The maximum Gasteiger partial charge on any atom is 0.416 e. The second-order valence-electron chi connectivity index (χ2n) is 8.70. The van der Waals surface area contributed by atoms with Crippen molar-refractivity contribution in [3.8, 4) is 0 Å². The Morgan fingerprint density at radius 1 is 0.839 bits per heavy atom. The van der Waals surface area contributed by atoms with E-state index in [9.17, 15) is 18.0 Å². The van der Waals surface area contributed by atoms with Crippen molar-refractivity contribution in [2.75, 3.05) is 31.1 Å². The average Bonchev–Trinajstić information content (AvgIpc) is 2.77. The van der Waals surface area contributed by atoms with Gasteiger partial charge in [-0.15, -0.1) is 0 Å². The number of nitrogens with zero attached hydrogens (tertiary/aromatic N) is 2. The van der Waals surface area contributed by atoms with Gasteiger partial charge in [0.2, 0.25) is 5.91 Å². The first-order valence-corrected chi connectivity index (χ1v) is 12.1. The van der Waals surface area contributed by atoms with Gasteiger partial charge >= 0.3 is 6.18 Å². The molecular weight excluding hydrogens is 401 g/mol. The zero-order valence-corrected chi connectivity index (χ0v) is 19.1. The Morgan fingerprint density at radius 3 is 1.94 bits per heavy atom. The highest BCUT2D eigenvalue weighted by Gasteiger charge is 2.31. The Hall–Kier alpha value is -1.72. The van der Waals surface area contributed by atoms with Crippen LogP contribution in [0.15, 0.2) is 24.3 Å². The minimum atomic E-state index is -4.33. The number of carbonyl (C=O) groups is 1. The maximum atomic E-state index is 12.9. The van der Waals surface area contributed by atoms with Crippen LogP contribution in [0.3, 0.4) is 0 Å². The molecule has 0 bridgehead atoms. The minimum Gasteiger partial charge on any atom is -0.368 e. The van der Waals surface area contributed by atoms with Crippen LogP contribution in [0.4, 0.5) is 18.9 Å². The molecule has 0 atom stereocenters. The summed E-state index contributed by atoms with van der Waals surface area (Å²) in [5.74, 6) is 0.180. The summed E-state index contributed by atoms with van der Waals surface area (Å²) in [6.45, 7) is 4.54. The van der Waals surface area contributed by atoms with Gasteiger partial charge in [0.05, 0.1) is 5.56 Å². The molecule has 1 heterocycles. The molecule has 1 aliphatic heterocycles. The van der Waals surface area contributed by atoms with Crippen LogP contribution in [-0.4, -0.2) is 37.0 Å². The zero-order chi connectivity index (χ0) is 22.5. The van der Waals surface area contributed by atoms with E-state index in [1.165, 1.54) is 69.9 Å². The molecule has 1 amide bonds. The van der Waals surface area contributed by atoms with E-state index in [0.29, 0.717) is 38.3 Å². The number of benzene rings is 1. The van der Waals surface area contributed by atoms with Crippen molar-refractivity contribution in [2.45, 2.75) is 90.1 Å². The van der Waals surface area contributed by atoms with Gasteiger partial charge in [0, 0.05) is 38.3 Å². The molecule has 0 saturated carbocycles. The Kier molecular flexibility index (Phi) is 11.2. The molecule has 0 unspecified atom stereocenters. The average molecular weight is 441 g/mol. The summed E-state index contributed by atoms with van der Waals surface area (Å²) in [7, 11) is 0. The van der Waals surface area contributed by atoms with Crippen LogP contribution in [0.2, 0.25) is 0 Å². The van der Waals surface area contributed by atoms with Crippen LogP contribution in [0.25, 0.3) is 0 Å². The second-order valence-corrected chi connectivity index (χ2v) is 8.70. The highest BCUT2D eigenvalue weighted by molar-refractivity contribution is 5.76. The van der Waals surface area contributed by atoms with Crippen molar-refractivity contribution in [3.63, 3.8) is 0 Å². The lowest BCUT2D eigenvalue weighted by Gasteiger charge is -2.36. The molecule has 176 valence electrons. The van der Waals surface area contributed by atoms with Crippen molar-refractivity contribution in [2.24, 2.45) is 0 Å². The molecule has 2 rings (SSSR count). The maximum absolute atomic E-state index is 12.9. The predicted molar refractivity (Wildman–Crippen MR) is 121 cm³/mol. The number of piperazine rings is 1. The van der Waals surface area contributed by atoms with Crippen molar-refractivity contribution >= 4 is 11.6 Å². The predicted octanol–water partition coefficient (Wildman–Crippen LogP) is 7.06. The van der Waals surface area contributed by atoms with E-state index in [2.05, 4.69) is 6.92 Å². The fourth-order valence-electron chi connectivity index (χ4n) is 4.19. The van der Waals surface area contributed by atoms with Crippen LogP contribution in [0.1, 0.15) is 89.5 Å². The third kappa shape index (κ3) is 9.53. The number of alkyl halides is 3. The second kappa shape index (κ2) is 13.6. The van der Waals surface area contributed by atoms with E-state index in [1.54, 1.807) is 6.07 Å². The Morgan fingerprint density at radius 2 is 1.39 bits per heavy atom. The molecule has 6 heteroatoms. The SMILES string of the molecule is CCCCCCCCCCCCCC(=O)N1CCN(c2cccc(C(F)(F)F)c2)CC1. The fraction of sp³-hybridized carbons (Fsp3) is 0.720. The number of unbranched alkanes of at least 4 members (excludes halogenated alkanes) is 10. The van der Waals surface area contributed by atoms with Crippen LogP contribution < -0.4 is 4.90 Å². The number of hydrogen-bond acceptors (Lipinski definition) is 2. The first-order valence-electron chi connectivity index (χ1n) is 12.1. The van der Waals surface area contributed by atoms with E-state index in [0.717, 1.165) is 18.9 Å². The van der Waals surface area contributed by atoms with E-state index < -0.39 is 11.7 Å². The lowest BCUT2D eigenvalue weighted by atomic mass is 10.1. The summed E-state index contributed by atoms with van der Waals surface area (Å²) < 4.78 is 38.8.